The van der Waals surface area contributed by atoms with Crippen molar-refractivity contribution in [2.45, 2.75) is 50.9 Å². The first kappa shape index (κ1) is 15.1. The summed E-state index contributed by atoms with van der Waals surface area (Å²) in [5.74, 6) is 1.72. The van der Waals surface area contributed by atoms with Crippen molar-refractivity contribution < 1.29 is 0 Å². The SMILES string of the molecule is CCCc1cc(CCl)cc(N2CCC(N3CCCC3)C2)n1. The molecule has 0 spiro atoms. The molecule has 2 fully saturated rings. The highest BCUT2D eigenvalue weighted by atomic mass is 35.5. The minimum atomic E-state index is 0.579. The third kappa shape index (κ3) is 3.51. The van der Waals surface area contributed by atoms with Gasteiger partial charge in [0.2, 0.25) is 0 Å². The van der Waals surface area contributed by atoms with Gasteiger partial charge in [-0.2, -0.15) is 0 Å². The Labute approximate surface area is 133 Å². The average Bonchev–Trinajstić information content (AvgIpc) is 3.18. The van der Waals surface area contributed by atoms with Crippen LogP contribution in [0.2, 0.25) is 0 Å². The second-order valence-electron chi connectivity index (χ2n) is 6.34. The van der Waals surface area contributed by atoms with Crippen LogP contribution in [0.5, 0.6) is 0 Å². The Morgan fingerprint density at radius 3 is 2.76 bits per heavy atom. The zero-order chi connectivity index (χ0) is 14.7. The molecule has 2 aliphatic rings. The Morgan fingerprint density at radius 1 is 1.24 bits per heavy atom. The molecule has 1 aromatic heterocycles. The first-order valence-corrected chi connectivity index (χ1v) is 8.88. The summed E-state index contributed by atoms with van der Waals surface area (Å²) < 4.78 is 0. The predicted octanol–water partition coefficient (Wildman–Crippen LogP) is 3.45. The summed E-state index contributed by atoms with van der Waals surface area (Å²) in [5, 5.41) is 0. The molecular formula is C17H26ClN3. The minimum Gasteiger partial charge on any atom is -0.355 e. The maximum Gasteiger partial charge on any atom is 0.129 e. The summed E-state index contributed by atoms with van der Waals surface area (Å²) in [6, 6.07) is 5.07. The molecule has 0 amide bonds. The minimum absolute atomic E-state index is 0.579. The largest absolute Gasteiger partial charge is 0.355 e. The lowest BCUT2D eigenvalue weighted by atomic mass is 10.2. The van der Waals surface area contributed by atoms with Crippen molar-refractivity contribution in [1.82, 2.24) is 9.88 Å². The number of hydrogen-bond donors (Lipinski definition) is 0. The van der Waals surface area contributed by atoms with Crippen LogP contribution >= 0.6 is 11.6 Å². The summed E-state index contributed by atoms with van der Waals surface area (Å²) in [7, 11) is 0. The van der Waals surface area contributed by atoms with E-state index in [2.05, 4.69) is 28.9 Å². The lowest BCUT2D eigenvalue weighted by molar-refractivity contribution is 0.260. The molecule has 0 aliphatic carbocycles. The molecule has 1 atom stereocenters. The molecule has 2 saturated heterocycles. The van der Waals surface area contributed by atoms with Crippen molar-refractivity contribution in [3.05, 3.63) is 23.4 Å². The molecule has 0 N–H and O–H groups in total. The third-order valence-electron chi connectivity index (χ3n) is 4.73. The van der Waals surface area contributed by atoms with Gasteiger partial charge in [-0.3, -0.25) is 4.90 Å². The molecular weight excluding hydrogens is 282 g/mol. The second kappa shape index (κ2) is 6.97. The number of hydrogen-bond acceptors (Lipinski definition) is 3. The Balaban J connectivity index is 1.72. The van der Waals surface area contributed by atoms with Crippen LogP contribution < -0.4 is 4.90 Å². The number of nitrogens with zero attached hydrogens (tertiary/aromatic N) is 3. The molecule has 3 nitrogen and oxygen atoms in total. The van der Waals surface area contributed by atoms with Gasteiger partial charge in [0, 0.05) is 30.7 Å². The van der Waals surface area contributed by atoms with Crippen molar-refractivity contribution in [2.75, 3.05) is 31.1 Å². The fourth-order valence-corrected chi connectivity index (χ4v) is 3.77. The molecule has 21 heavy (non-hydrogen) atoms. The van der Waals surface area contributed by atoms with Gasteiger partial charge >= 0.3 is 0 Å². The number of halogens is 1. The standard InChI is InChI=1S/C17H26ClN3/c1-2-5-15-10-14(12-18)11-17(19-15)21-9-6-16(13-21)20-7-3-4-8-20/h10-11,16H,2-9,12-13H2,1H3. The molecule has 0 radical (unpaired) electrons. The third-order valence-corrected chi connectivity index (χ3v) is 5.04. The van der Waals surface area contributed by atoms with E-state index in [0.29, 0.717) is 5.88 Å². The highest BCUT2D eigenvalue weighted by Crippen LogP contribution is 2.25. The van der Waals surface area contributed by atoms with Gasteiger partial charge < -0.3 is 4.90 Å². The van der Waals surface area contributed by atoms with Crippen LogP contribution in [0.3, 0.4) is 0 Å². The van der Waals surface area contributed by atoms with Gasteiger partial charge in [0.25, 0.3) is 0 Å². The summed E-state index contributed by atoms with van der Waals surface area (Å²) in [5.41, 5.74) is 2.39. The van der Waals surface area contributed by atoms with Crippen LogP contribution in [0.15, 0.2) is 12.1 Å². The Kier molecular flexibility index (Phi) is 5.02. The van der Waals surface area contributed by atoms with E-state index in [-0.39, 0.29) is 0 Å². The van der Waals surface area contributed by atoms with E-state index in [1.165, 1.54) is 43.6 Å². The molecule has 3 heterocycles. The van der Waals surface area contributed by atoms with Crippen LogP contribution in [0.4, 0.5) is 5.82 Å². The number of aryl methyl sites for hydroxylation is 1. The van der Waals surface area contributed by atoms with Crippen LogP contribution in [0.25, 0.3) is 0 Å². The summed E-state index contributed by atoms with van der Waals surface area (Å²) >= 11 is 6.06. The first-order valence-electron chi connectivity index (χ1n) is 8.35. The quantitative estimate of drug-likeness (QED) is 0.777. The number of alkyl halides is 1. The Morgan fingerprint density at radius 2 is 2.05 bits per heavy atom. The van der Waals surface area contributed by atoms with E-state index in [9.17, 15) is 0 Å². The summed E-state index contributed by atoms with van der Waals surface area (Å²) in [4.78, 5) is 9.98. The normalized spacial score (nSPS) is 23.1. The lowest BCUT2D eigenvalue weighted by Gasteiger charge is -2.24. The maximum absolute atomic E-state index is 6.06. The van der Waals surface area contributed by atoms with Gasteiger partial charge in [-0.1, -0.05) is 13.3 Å². The number of likely N-dealkylation sites (tertiary alicyclic amines) is 1. The van der Waals surface area contributed by atoms with E-state index in [1.54, 1.807) is 0 Å². The van der Waals surface area contributed by atoms with E-state index in [4.69, 9.17) is 16.6 Å². The monoisotopic (exact) mass is 307 g/mol. The van der Waals surface area contributed by atoms with Crippen molar-refractivity contribution in [2.24, 2.45) is 0 Å². The van der Waals surface area contributed by atoms with Crippen LogP contribution in [-0.4, -0.2) is 42.1 Å². The van der Waals surface area contributed by atoms with Gasteiger partial charge in [0.05, 0.1) is 0 Å². The molecule has 1 aromatic rings. The Bertz CT molecular complexity index is 471. The van der Waals surface area contributed by atoms with Gasteiger partial charge in [0.15, 0.2) is 0 Å². The predicted molar refractivity (Wildman–Crippen MR) is 89.2 cm³/mol. The number of pyridine rings is 1. The summed E-state index contributed by atoms with van der Waals surface area (Å²) in [6.07, 6.45) is 6.19. The van der Waals surface area contributed by atoms with Crippen molar-refractivity contribution in [3.63, 3.8) is 0 Å². The van der Waals surface area contributed by atoms with Crippen molar-refractivity contribution in [3.8, 4) is 0 Å². The van der Waals surface area contributed by atoms with Gasteiger partial charge in [-0.15, -0.1) is 11.6 Å². The van der Waals surface area contributed by atoms with E-state index >= 15 is 0 Å². The number of aromatic nitrogens is 1. The van der Waals surface area contributed by atoms with Crippen LogP contribution in [0.1, 0.15) is 43.9 Å². The van der Waals surface area contributed by atoms with Gasteiger partial charge in [-0.25, -0.2) is 4.98 Å². The van der Waals surface area contributed by atoms with E-state index in [1.807, 2.05) is 0 Å². The lowest BCUT2D eigenvalue weighted by Crippen LogP contribution is -2.35. The smallest absolute Gasteiger partial charge is 0.129 e. The molecule has 4 heteroatoms. The van der Waals surface area contributed by atoms with Crippen LogP contribution in [-0.2, 0) is 12.3 Å². The molecule has 0 bridgehead atoms. The maximum atomic E-state index is 6.06. The molecule has 0 aromatic carbocycles. The average molecular weight is 308 g/mol. The zero-order valence-electron chi connectivity index (χ0n) is 13.0. The highest BCUT2D eigenvalue weighted by molar-refractivity contribution is 6.17. The Hall–Kier alpha value is -0.800. The van der Waals surface area contributed by atoms with E-state index < -0.39 is 0 Å². The van der Waals surface area contributed by atoms with Gasteiger partial charge in [0.1, 0.15) is 5.82 Å². The molecule has 116 valence electrons. The first-order chi connectivity index (χ1) is 10.3. The number of rotatable bonds is 5. The van der Waals surface area contributed by atoms with Crippen LogP contribution in [0, 0.1) is 0 Å². The molecule has 3 rings (SSSR count). The van der Waals surface area contributed by atoms with E-state index in [0.717, 1.165) is 37.8 Å². The highest BCUT2D eigenvalue weighted by Gasteiger charge is 2.29. The second-order valence-corrected chi connectivity index (χ2v) is 6.61. The molecule has 1 unspecified atom stereocenters. The zero-order valence-corrected chi connectivity index (χ0v) is 13.8. The van der Waals surface area contributed by atoms with Crippen molar-refractivity contribution in [1.29, 1.82) is 0 Å². The molecule has 2 aliphatic heterocycles. The number of anilines is 1. The van der Waals surface area contributed by atoms with Gasteiger partial charge in [-0.05, 0) is 56.5 Å². The van der Waals surface area contributed by atoms with Crippen molar-refractivity contribution >= 4 is 17.4 Å². The topological polar surface area (TPSA) is 19.4 Å². The fourth-order valence-electron chi connectivity index (χ4n) is 3.61. The fraction of sp³-hybridized carbons (Fsp3) is 0.706. The molecule has 0 saturated carbocycles. The summed E-state index contributed by atoms with van der Waals surface area (Å²) in [6.45, 7) is 7.03.